The van der Waals surface area contributed by atoms with Crippen molar-refractivity contribution in [1.82, 2.24) is 0 Å². The fraction of sp³-hybridized carbons (Fsp3) is 0.643. The van der Waals surface area contributed by atoms with Gasteiger partial charge in [0.15, 0.2) is 0 Å². The van der Waals surface area contributed by atoms with E-state index in [1.165, 1.54) is 24.0 Å². The zero-order chi connectivity index (χ0) is 22.1. The van der Waals surface area contributed by atoms with Crippen LogP contribution in [0.3, 0.4) is 0 Å². The zero-order valence-corrected chi connectivity index (χ0v) is 28.7. The molecule has 0 fully saturated rings. The molecule has 0 bridgehead atoms. The molecule has 0 unspecified atom stereocenters. The topological polar surface area (TPSA) is 0 Å². The van der Waals surface area contributed by atoms with Crippen molar-refractivity contribution >= 4 is 31.7 Å². The van der Waals surface area contributed by atoms with Gasteiger partial charge in [-0.15, -0.1) is 37.7 Å². The molecule has 0 atom stereocenters. The summed E-state index contributed by atoms with van der Waals surface area (Å²) in [5, 5.41) is 0. The Balaban J connectivity index is -0.000000126. The molecule has 0 spiro atoms. The summed E-state index contributed by atoms with van der Waals surface area (Å²) in [6.45, 7) is 24.6. The minimum atomic E-state index is 0. The molecule has 0 saturated carbocycles. The van der Waals surface area contributed by atoms with Crippen molar-refractivity contribution in [1.29, 1.82) is 0 Å². The van der Waals surface area contributed by atoms with E-state index in [0.29, 0.717) is 0 Å². The summed E-state index contributed by atoms with van der Waals surface area (Å²) in [7, 11) is 0. The number of hydrogen-bond donors (Lipinski definition) is 0. The molecule has 4 heteroatoms. The molecule has 0 nitrogen and oxygen atoms in total. The number of halogens is 2. The zero-order valence-electron chi connectivity index (χ0n) is 23.2. The predicted octanol–water partition coefficient (Wildman–Crippen LogP) is 9.10. The van der Waals surface area contributed by atoms with Gasteiger partial charge in [0, 0.05) is 0 Å². The Kier molecular flexibility index (Phi) is 26.6. The molecule has 0 aromatic carbocycles. The number of hydrogen-bond acceptors (Lipinski definition) is 0. The Morgan fingerprint density at radius 1 is 0.719 bits per heavy atom. The van der Waals surface area contributed by atoms with Gasteiger partial charge in [-0.25, -0.2) is 23.3 Å². The van der Waals surface area contributed by atoms with Crippen LogP contribution in [0.15, 0.2) is 34.4 Å². The molecule has 2 aliphatic rings. The summed E-state index contributed by atoms with van der Waals surface area (Å²) in [6.07, 6.45) is 16.2. The van der Waals surface area contributed by atoms with E-state index in [-0.39, 0.29) is 50.5 Å². The molecule has 0 aromatic rings. The normalized spacial score (nSPS) is 14.5. The van der Waals surface area contributed by atoms with Gasteiger partial charge in [0.1, 0.15) is 0 Å². The van der Waals surface area contributed by atoms with Crippen LogP contribution in [0.5, 0.6) is 0 Å². The molecule has 0 N–H and O–H groups in total. The molecule has 0 aromatic heterocycles. The third-order valence-corrected chi connectivity index (χ3v) is 4.67. The van der Waals surface area contributed by atoms with Gasteiger partial charge in [0.25, 0.3) is 0 Å². The Morgan fingerprint density at radius 2 is 0.969 bits per heavy atom. The maximum absolute atomic E-state index is 3.48. The first-order valence-corrected chi connectivity index (χ1v) is 16.7. The average molecular weight is 579 g/mol. The first-order chi connectivity index (χ1) is 12.8. The number of allylic oxidation sites excluding steroid dienone is 8. The van der Waals surface area contributed by atoms with Crippen molar-refractivity contribution < 1.29 is 23.3 Å². The molecule has 32 heavy (non-hydrogen) atoms. The summed E-state index contributed by atoms with van der Waals surface area (Å²) >= 11 is 1.58. The first kappa shape index (κ1) is 42.8. The molecule has 0 aliphatic heterocycles. The monoisotopic (exact) mass is 576 g/mol. The van der Waals surface area contributed by atoms with E-state index in [9.17, 15) is 0 Å². The Hall–Kier alpha value is 0.640. The van der Waals surface area contributed by atoms with Crippen molar-refractivity contribution in [3.05, 3.63) is 61.4 Å². The maximum atomic E-state index is 3.48. The molecule has 2 aliphatic carbocycles. The van der Waals surface area contributed by atoms with Crippen LogP contribution >= 0.6 is 24.8 Å². The third kappa shape index (κ3) is 18.0. The van der Waals surface area contributed by atoms with E-state index in [0.717, 1.165) is 24.7 Å². The van der Waals surface area contributed by atoms with Gasteiger partial charge >= 0.3 is 30.2 Å². The van der Waals surface area contributed by atoms with Crippen molar-refractivity contribution in [2.45, 2.75) is 94.9 Å². The second-order valence-electron chi connectivity index (χ2n) is 10.8. The van der Waals surface area contributed by atoms with Gasteiger partial charge in [-0.05, 0) is 35.5 Å². The van der Waals surface area contributed by atoms with Gasteiger partial charge in [-0.2, -0.15) is 11.1 Å². The summed E-state index contributed by atoms with van der Waals surface area (Å²) < 4.78 is 0. The molecular weight excluding hydrogens is 527 g/mol. The third-order valence-electron chi connectivity index (χ3n) is 4.67. The van der Waals surface area contributed by atoms with Crippen LogP contribution in [0.25, 0.3) is 0 Å². The fourth-order valence-electron chi connectivity index (χ4n) is 3.30. The van der Waals surface area contributed by atoms with Crippen LogP contribution in [-0.4, -0.2) is 6.88 Å². The second-order valence-corrected chi connectivity index (χ2v) is 10.8. The van der Waals surface area contributed by atoms with Gasteiger partial charge < -0.3 is 14.9 Å². The molecule has 2 rings (SSSR count). The van der Waals surface area contributed by atoms with E-state index in [2.05, 4.69) is 93.5 Å². The molecule has 0 amide bonds. The van der Waals surface area contributed by atoms with Crippen LogP contribution < -0.4 is 0 Å². The van der Waals surface area contributed by atoms with Gasteiger partial charge in [-0.3, -0.25) is 12.2 Å². The fourth-order valence-corrected chi connectivity index (χ4v) is 3.30. The quantitative estimate of drug-likeness (QED) is 0.231. The molecule has 0 heterocycles. The predicted molar refractivity (Wildman–Crippen MR) is 153 cm³/mol. The summed E-state index contributed by atoms with van der Waals surface area (Å²) in [6, 6.07) is 0. The van der Waals surface area contributed by atoms with E-state index in [1.807, 2.05) is 6.88 Å². The molecule has 190 valence electrons. The van der Waals surface area contributed by atoms with Crippen LogP contribution in [0.1, 0.15) is 94.9 Å². The van der Waals surface area contributed by atoms with E-state index >= 15 is 0 Å². The minimum absolute atomic E-state index is 0. The van der Waals surface area contributed by atoms with E-state index in [1.54, 1.807) is 34.5 Å². The van der Waals surface area contributed by atoms with Crippen molar-refractivity contribution in [2.24, 2.45) is 22.7 Å². The summed E-state index contributed by atoms with van der Waals surface area (Å²) in [4.78, 5) is 0. The van der Waals surface area contributed by atoms with Crippen molar-refractivity contribution in [2.75, 3.05) is 0 Å². The van der Waals surface area contributed by atoms with E-state index < -0.39 is 0 Å². The molecular formula is C28H52Cl2SiZr-4. The van der Waals surface area contributed by atoms with Crippen LogP contribution in [-0.2, 0) is 23.3 Å². The van der Waals surface area contributed by atoms with Gasteiger partial charge in [0.2, 0.25) is 0 Å². The number of rotatable bonds is 4. The van der Waals surface area contributed by atoms with Gasteiger partial charge in [-0.1, -0.05) is 69.2 Å². The Bertz CT molecular complexity index is 558. The summed E-state index contributed by atoms with van der Waals surface area (Å²) in [5.41, 5.74) is 6.45. The standard InChI is InChI=1S/2C13H21.2CH3.2ClH.H2Si.Zr/c2*1-10(2)8-11-6-7-12(9-11)13(3,4)5;;;;;;/h2*9-10H,6,8H2,1-5H3;2*1H3;2*1H;1H2;/q4*-1;;;;. The molecule has 0 saturated heterocycles. The second kappa shape index (κ2) is 19.9. The van der Waals surface area contributed by atoms with Crippen LogP contribution in [0, 0.1) is 49.7 Å². The van der Waals surface area contributed by atoms with E-state index in [4.69, 9.17) is 0 Å². The first-order valence-electron chi connectivity index (χ1n) is 10.8. The van der Waals surface area contributed by atoms with Crippen molar-refractivity contribution in [3.8, 4) is 0 Å². The summed E-state index contributed by atoms with van der Waals surface area (Å²) in [5.74, 6) is 1.54. The van der Waals surface area contributed by atoms with Crippen LogP contribution in [0.2, 0.25) is 0 Å². The SMILES string of the molecule is CC(C)CC1=CC(C(C)(C)C)=[C-]C1.CC(C)CC1=CC(C(C)(C)C)=[C-]C1.Cl.Cl.[CH3-].[CH3-].[SiH2]=[Zr]. The molecule has 0 radical (unpaired) electrons. The Labute approximate surface area is 232 Å². The van der Waals surface area contributed by atoms with Crippen molar-refractivity contribution in [3.63, 3.8) is 0 Å². The van der Waals surface area contributed by atoms with Gasteiger partial charge in [0.05, 0.1) is 0 Å². The Morgan fingerprint density at radius 3 is 1.12 bits per heavy atom. The average Bonchev–Trinajstić information content (AvgIpc) is 3.17. The van der Waals surface area contributed by atoms with Crippen LogP contribution in [0.4, 0.5) is 0 Å².